The highest BCUT2D eigenvalue weighted by Gasteiger charge is 2.28. The summed E-state index contributed by atoms with van der Waals surface area (Å²) in [7, 11) is 0. The number of fused-ring (bicyclic) bond motifs is 3. The minimum absolute atomic E-state index is 0.00431. The standard InChI is InChI=1S/C16H15ClO2/c17-14-8-6-11(9-15(18)19)16-12-4-2-1-3-10(12)5-7-13(14)16/h1-5,7,11,14H,6,8-9H2,(H,18,19). The van der Waals surface area contributed by atoms with Crippen molar-refractivity contribution in [3.05, 3.63) is 47.5 Å². The molecule has 0 spiro atoms. The lowest BCUT2D eigenvalue weighted by atomic mass is 9.78. The number of halogens is 1. The maximum Gasteiger partial charge on any atom is 0.303 e. The lowest BCUT2D eigenvalue weighted by molar-refractivity contribution is -0.137. The quantitative estimate of drug-likeness (QED) is 0.820. The largest absolute Gasteiger partial charge is 0.481 e. The van der Waals surface area contributed by atoms with Crippen LogP contribution in [-0.4, -0.2) is 11.1 Å². The first-order valence-electron chi connectivity index (χ1n) is 6.54. The molecule has 2 unspecified atom stereocenters. The third-order valence-electron chi connectivity index (χ3n) is 3.94. The van der Waals surface area contributed by atoms with Gasteiger partial charge in [-0.1, -0.05) is 36.4 Å². The second kappa shape index (κ2) is 4.86. The summed E-state index contributed by atoms with van der Waals surface area (Å²) in [6.45, 7) is 0. The Morgan fingerprint density at radius 2 is 2.00 bits per heavy atom. The Bertz CT molecular complexity index is 636. The van der Waals surface area contributed by atoms with Crippen molar-refractivity contribution in [1.29, 1.82) is 0 Å². The van der Waals surface area contributed by atoms with Crippen LogP contribution in [0.4, 0.5) is 0 Å². The monoisotopic (exact) mass is 274 g/mol. The lowest BCUT2D eigenvalue weighted by Crippen LogP contribution is -2.15. The van der Waals surface area contributed by atoms with Crippen LogP contribution in [0.3, 0.4) is 0 Å². The topological polar surface area (TPSA) is 37.3 Å². The van der Waals surface area contributed by atoms with Gasteiger partial charge < -0.3 is 5.11 Å². The highest BCUT2D eigenvalue weighted by atomic mass is 35.5. The van der Waals surface area contributed by atoms with Crippen molar-refractivity contribution in [3.8, 4) is 0 Å². The molecule has 2 nitrogen and oxygen atoms in total. The summed E-state index contributed by atoms with van der Waals surface area (Å²) in [5.41, 5.74) is 2.25. The van der Waals surface area contributed by atoms with Crippen LogP contribution in [0.5, 0.6) is 0 Å². The van der Waals surface area contributed by atoms with Gasteiger partial charge in [0.1, 0.15) is 0 Å². The molecule has 0 saturated heterocycles. The van der Waals surface area contributed by atoms with Crippen LogP contribution < -0.4 is 0 Å². The van der Waals surface area contributed by atoms with Crippen molar-refractivity contribution in [1.82, 2.24) is 0 Å². The second-order valence-electron chi connectivity index (χ2n) is 5.13. The van der Waals surface area contributed by atoms with Gasteiger partial charge in [-0.25, -0.2) is 0 Å². The van der Waals surface area contributed by atoms with Gasteiger partial charge in [0.2, 0.25) is 0 Å². The SMILES string of the molecule is O=C(O)CC1CCC(Cl)c2ccc3ccccc3c21. The minimum atomic E-state index is -0.739. The van der Waals surface area contributed by atoms with Crippen molar-refractivity contribution in [2.75, 3.05) is 0 Å². The fourth-order valence-corrected chi connectivity index (χ4v) is 3.42. The summed E-state index contributed by atoms with van der Waals surface area (Å²) in [5, 5.41) is 11.4. The van der Waals surface area contributed by atoms with Crippen molar-refractivity contribution in [3.63, 3.8) is 0 Å². The van der Waals surface area contributed by atoms with Crippen molar-refractivity contribution in [2.24, 2.45) is 0 Å². The number of rotatable bonds is 2. The van der Waals surface area contributed by atoms with Gasteiger partial charge in [-0.05, 0) is 40.7 Å². The third kappa shape index (κ3) is 2.21. The average Bonchev–Trinajstić information content (AvgIpc) is 2.41. The highest BCUT2D eigenvalue weighted by Crippen LogP contribution is 2.45. The number of hydrogen-bond acceptors (Lipinski definition) is 1. The predicted molar refractivity (Wildman–Crippen MR) is 76.8 cm³/mol. The third-order valence-corrected chi connectivity index (χ3v) is 4.39. The highest BCUT2D eigenvalue weighted by molar-refractivity contribution is 6.21. The molecule has 0 saturated carbocycles. The van der Waals surface area contributed by atoms with E-state index in [-0.39, 0.29) is 17.7 Å². The van der Waals surface area contributed by atoms with E-state index in [2.05, 4.69) is 24.3 Å². The summed E-state index contributed by atoms with van der Waals surface area (Å²) in [6, 6.07) is 12.3. The Morgan fingerprint density at radius 3 is 2.79 bits per heavy atom. The summed E-state index contributed by atoms with van der Waals surface area (Å²) < 4.78 is 0. The molecule has 3 rings (SSSR count). The van der Waals surface area contributed by atoms with Gasteiger partial charge >= 0.3 is 5.97 Å². The van der Waals surface area contributed by atoms with Crippen LogP contribution in [-0.2, 0) is 4.79 Å². The van der Waals surface area contributed by atoms with E-state index in [0.717, 1.165) is 34.7 Å². The molecule has 0 amide bonds. The van der Waals surface area contributed by atoms with Gasteiger partial charge in [0.05, 0.1) is 11.8 Å². The molecule has 2 aromatic rings. The van der Waals surface area contributed by atoms with Crippen LogP contribution in [0.2, 0.25) is 0 Å². The molecular weight excluding hydrogens is 260 g/mol. The normalized spacial score (nSPS) is 22.2. The number of aliphatic carboxylic acids is 1. The van der Waals surface area contributed by atoms with Crippen LogP contribution in [0.15, 0.2) is 36.4 Å². The second-order valence-corrected chi connectivity index (χ2v) is 5.66. The van der Waals surface area contributed by atoms with Gasteiger partial charge in [-0.15, -0.1) is 11.6 Å². The van der Waals surface area contributed by atoms with Crippen LogP contribution >= 0.6 is 11.6 Å². The number of alkyl halides is 1. The first kappa shape index (κ1) is 12.5. The van der Waals surface area contributed by atoms with E-state index in [1.165, 1.54) is 0 Å². The zero-order valence-corrected chi connectivity index (χ0v) is 11.2. The van der Waals surface area contributed by atoms with Crippen molar-refractivity contribution < 1.29 is 9.90 Å². The molecule has 0 bridgehead atoms. The van der Waals surface area contributed by atoms with E-state index < -0.39 is 5.97 Å². The molecule has 98 valence electrons. The number of carbonyl (C=O) groups is 1. The van der Waals surface area contributed by atoms with Crippen LogP contribution in [0.1, 0.15) is 41.7 Å². The smallest absolute Gasteiger partial charge is 0.303 e. The van der Waals surface area contributed by atoms with Gasteiger partial charge in [0.15, 0.2) is 0 Å². The van der Waals surface area contributed by atoms with E-state index in [1.54, 1.807) is 0 Å². The van der Waals surface area contributed by atoms with Gasteiger partial charge in [-0.3, -0.25) is 4.79 Å². The molecule has 0 fully saturated rings. The van der Waals surface area contributed by atoms with Crippen molar-refractivity contribution in [2.45, 2.75) is 30.6 Å². The molecule has 0 heterocycles. The van der Waals surface area contributed by atoms with Crippen LogP contribution in [0, 0.1) is 0 Å². The number of hydrogen-bond donors (Lipinski definition) is 1. The molecule has 0 radical (unpaired) electrons. The zero-order valence-electron chi connectivity index (χ0n) is 10.5. The van der Waals surface area contributed by atoms with Gasteiger partial charge in [0, 0.05) is 0 Å². The Labute approximate surface area is 117 Å². The van der Waals surface area contributed by atoms with Crippen LogP contribution in [0.25, 0.3) is 10.8 Å². The average molecular weight is 275 g/mol. The Hall–Kier alpha value is -1.54. The fraction of sp³-hybridized carbons (Fsp3) is 0.312. The summed E-state index contributed by atoms with van der Waals surface area (Å²) in [4.78, 5) is 11.1. The molecule has 1 aliphatic carbocycles. The Kier molecular flexibility index (Phi) is 3.19. The molecule has 0 aromatic heterocycles. The van der Waals surface area contributed by atoms with Gasteiger partial charge in [-0.2, -0.15) is 0 Å². The maximum absolute atomic E-state index is 11.1. The lowest BCUT2D eigenvalue weighted by Gasteiger charge is -2.29. The zero-order chi connectivity index (χ0) is 13.4. The minimum Gasteiger partial charge on any atom is -0.481 e. The molecule has 0 aliphatic heterocycles. The summed E-state index contributed by atoms with van der Waals surface area (Å²) in [5.74, 6) is -0.662. The molecule has 1 aliphatic rings. The molecule has 19 heavy (non-hydrogen) atoms. The molecule has 3 heteroatoms. The first-order valence-corrected chi connectivity index (χ1v) is 6.98. The Balaban J connectivity index is 2.21. The van der Waals surface area contributed by atoms with E-state index in [9.17, 15) is 4.79 Å². The molecule has 2 aromatic carbocycles. The van der Waals surface area contributed by atoms with E-state index >= 15 is 0 Å². The van der Waals surface area contributed by atoms with Crippen molar-refractivity contribution >= 4 is 28.3 Å². The maximum atomic E-state index is 11.1. The molecular formula is C16H15ClO2. The summed E-state index contributed by atoms with van der Waals surface area (Å²) >= 11 is 6.40. The summed E-state index contributed by atoms with van der Waals surface area (Å²) in [6.07, 6.45) is 1.89. The Morgan fingerprint density at radius 1 is 1.21 bits per heavy atom. The number of benzene rings is 2. The number of carboxylic acids is 1. The first-order chi connectivity index (χ1) is 9.16. The van der Waals surface area contributed by atoms with E-state index in [1.807, 2.05) is 12.1 Å². The molecule has 2 atom stereocenters. The van der Waals surface area contributed by atoms with E-state index in [0.29, 0.717) is 0 Å². The predicted octanol–water partition coefficient (Wildman–Crippen LogP) is 4.47. The van der Waals surface area contributed by atoms with Gasteiger partial charge in [0.25, 0.3) is 0 Å². The number of carboxylic acid groups (broad SMARTS) is 1. The fourth-order valence-electron chi connectivity index (χ4n) is 3.10. The van der Waals surface area contributed by atoms with E-state index in [4.69, 9.17) is 16.7 Å². The molecule has 1 N–H and O–H groups in total.